The van der Waals surface area contributed by atoms with E-state index in [1.54, 1.807) is 24.4 Å². The number of aryl methyl sites for hydroxylation is 1. The molecule has 0 unspecified atom stereocenters. The number of hydrogen-bond acceptors (Lipinski definition) is 4. The number of hydrazone groups is 1. The lowest BCUT2D eigenvalue weighted by molar-refractivity contribution is 0.0955. The van der Waals surface area contributed by atoms with Crippen molar-refractivity contribution in [1.29, 1.82) is 0 Å². The minimum atomic E-state index is -0.336. The molecular formula is C24H22BrClN2O3. The maximum atomic E-state index is 12.2. The Bertz CT molecular complexity index is 1080. The Labute approximate surface area is 195 Å². The predicted molar refractivity (Wildman–Crippen MR) is 127 cm³/mol. The fourth-order valence-corrected chi connectivity index (χ4v) is 3.14. The van der Waals surface area contributed by atoms with Gasteiger partial charge in [0.2, 0.25) is 0 Å². The van der Waals surface area contributed by atoms with Crippen LogP contribution in [0.2, 0.25) is 5.02 Å². The molecule has 0 saturated heterocycles. The molecule has 0 saturated carbocycles. The van der Waals surface area contributed by atoms with E-state index >= 15 is 0 Å². The highest BCUT2D eigenvalue weighted by Crippen LogP contribution is 2.29. The lowest BCUT2D eigenvalue weighted by Crippen LogP contribution is -2.17. The zero-order valence-corrected chi connectivity index (χ0v) is 19.5. The second kappa shape index (κ2) is 11.0. The van der Waals surface area contributed by atoms with Crippen molar-refractivity contribution in [3.05, 3.63) is 92.4 Å². The third kappa shape index (κ3) is 6.57. The second-order valence-electron chi connectivity index (χ2n) is 6.72. The molecule has 3 aromatic rings. The Morgan fingerprint density at radius 1 is 1.06 bits per heavy atom. The summed E-state index contributed by atoms with van der Waals surface area (Å²) in [7, 11) is 0. The lowest BCUT2D eigenvalue weighted by atomic mass is 10.1. The smallest absolute Gasteiger partial charge is 0.271 e. The number of nitrogens with one attached hydrogen (secondary N) is 1. The van der Waals surface area contributed by atoms with Gasteiger partial charge in [-0.25, -0.2) is 5.43 Å². The van der Waals surface area contributed by atoms with Crippen molar-refractivity contribution < 1.29 is 14.3 Å². The summed E-state index contributed by atoms with van der Waals surface area (Å²) in [6, 6.07) is 18.5. The molecule has 0 aliphatic heterocycles. The topological polar surface area (TPSA) is 59.9 Å². The summed E-state index contributed by atoms with van der Waals surface area (Å²) in [6.45, 7) is 4.71. The summed E-state index contributed by atoms with van der Waals surface area (Å²) in [5, 5.41) is 4.57. The summed E-state index contributed by atoms with van der Waals surface area (Å²) in [6.07, 6.45) is 1.55. The Morgan fingerprint density at radius 3 is 2.55 bits per heavy atom. The molecule has 0 aliphatic rings. The van der Waals surface area contributed by atoms with Crippen molar-refractivity contribution in [2.75, 3.05) is 6.61 Å². The SMILES string of the molecule is CCOc1cc(/C=N\NC(=O)c2ccc(C)c(Cl)c2)ccc1OCc1ccc(Br)cc1. The Morgan fingerprint density at radius 2 is 1.84 bits per heavy atom. The molecule has 5 nitrogen and oxygen atoms in total. The predicted octanol–water partition coefficient (Wildman–Crippen LogP) is 6.15. The number of nitrogens with zero attached hydrogens (tertiary/aromatic N) is 1. The van der Waals surface area contributed by atoms with E-state index in [4.69, 9.17) is 21.1 Å². The van der Waals surface area contributed by atoms with Crippen LogP contribution in [0.25, 0.3) is 0 Å². The normalized spacial score (nSPS) is 10.8. The molecule has 0 spiro atoms. The van der Waals surface area contributed by atoms with Gasteiger partial charge in [0.25, 0.3) is 5.91 Å². The standard InChI is InChI=1S/C24H22BrClN2O3/c1-3-30-23-12-18(7-11-22(23)31-15-17-5-9-20(25)10-6-17)14-27-28-24(29)19-8-4-16(2)21(26)13-19/h4-14H,3,15H2,1-2H3,(H,28,29)/b27-14-. The summed E-state index contributed by atoms with van der Waals surface area (Å²) < 4.78 is 12.7. The molecule has 160 valence electrons. The van der Waals surface area contributed by atoms with E-state index in [1.807, 2.05) is 56.3 Å². The highest BCUT2D eigenvalue weighted by molar-refractivity contribution is 9.10. The molecule has 3 aromatic carbocycles. The van der Waals surface area contributed by atoms with Crippen LogP contribution in [0.5, 0.6) is 11.5 Å². The van der Waals surface area contributed by atoms with Crippen LogP contribution in [-0.4, -0.2) is 18.7 Å². The lowest BCUT2D eigenvalue weighted by Gasteiger charge is -2.12. The summed E-state index contributed by atoms with van der Waals surface area (Å²) in [4.78, 5) is 12.2. The molecule has 0 heterocycles. The number of ether oxygens (including phenoxy) is 2. The fourth-order valence-electron chi connectivity index (χ4n) is 2.70. The first-order valence-corrected chi connectivity index (χ1v) is 10.9. The quantitative estimate of drug-likeness (QED) is 0.297. The third-order valence-corrected chi connectivity index (χ3v) is 5.32. The van der Waals surface area contributed by atoms with Crippen molar-refractivity contribution >= 4 is 39.7 Å². The van der Waals surface area contributed by atoms with Crippen LogP contribution in [0.4, 0.5) is 0 Å². The van der Waals surface area contributed by atoms with Gasteiger partial charge in [0.1, 0.15) is 6.61 Å². The summed E-state index contributed by atoms with van der Waals surface area (Å²) >= 11 is 9.50. The van der Waals surface area contributed by atoms with Gasteiger partial charge < -0.3 is 9.47 Å². The third-order valence-electron chi connectivity index (χ3n) is 4.39. The van der Waals surface area contributed by atoms with Crippen molar-refractivity contribution in [2.24, 2.45) is 5.10 Å². The van der Waals surface area contributed by atoms with Crippen LogP contribution in [0.15, 0.2) is 70.2 Å². The van der Waals surface area contributed by atoms with E-state index in [-0.39, 0.29) is 5.91 Å². The second-order valence-corrected chi connectivity index (χ2v) is 8.04. The first-order valence-electron chi connectivity index (χ1n) is 9.70. The molecule has 0 bridgehead atoms. The average molecular weight is 502 g/mol. The van der Waals surface area contributed by atoms with E-state index in [1.165, 1.54) is 0 Å². The van der Waals surface area contributed by atoms with Gasteiger partial charge in [-0.3, -0.25) is 4.79 Å². The van der Waals surface area contributed by atoms with Gasteiger partial charge in [-0.2, -0.15) is 5.10 Å². The van der Waals surface area contributed by atoms with Crippen LogP contribution in [0.3, 0.4) is 0 Å². The van der Waals surface area contributed by atoms with Crippen LogP contribution < -0.4 is 14.9 Å². The Kier molecular flexibility index (Phi) is 8.09. The zero-order chi connectivity index (χ0) is 22.2. The van der Waals surface area contributed by atoms with E-state index < -0.39 is 0 Å². The summed E-state index contributed by atoms with van der Waals surface area (Å²) in [5.41, 5.74) is 5.68. The maximum Gasteiger partial charge on any atom is 0.271 e. The molecule has 1 N–H and O–H groups in total. The number of carbonyl (C=O) groups is 1. The Balaban J connectivity index is 1.65. The van der Waals surface area contributed by atoms with Crippen LogP contribution in [-0.2, 0) is 6.61 Å². The number of amides is 1. The zero-order valence-electron chi connectivity index (χ0n) is 17.2. The van der Waals surface area contributed by atoms with Gasteiger partial charge in [0.15, 0.2) is 11.5 Å². The minimum Gasteiger partial charge on any atom is -0.490 e. The molecule has 31 heavy (non-hydrogen) atoms. The first kappa shape index (κ1) is 22.8. The molecule has 1 amide bonds. The molecule has 0 radical (unpaired) electrons. The monoisotopic (exact) mass is 500 g/mol. The molecule has 0 atom stereocenters. The highest BCUT2D eigenvalue weighted by atomic mass is 79.9. The van der Waals surface area contributed by atoms with Gasteiger partial charge in [0.05, 0.1) is 12.8 Å². The number of rotatable bonds is 8. The van der Waals surface area contributed by atoms with Crippen molar-refractivity contribution in [2.45, 2.75) is 20.5 Å². The molecule has 0 fully saturated rings. The van der Waals surface area contributed by atoms with Gasteiger partial charge in [-0.1, -0.05) is 45.7 Å². The van der Waals surface area contributed by atoms with Crippen LogP contribution in [0, 0.1) is 6.92 Å². The van der Waals surface area contributed by atoms with Crippen LogP contribution >= 0.6 is 27.5 Å². The first-order chi connectivity index (χ1) is 15.0. The Hall–Kier alpha value is -2.83. The van der Waals surface area contributed by atoms with Gasteiger partial charge >= 0.3 is 0 Å². The largest absolute Gasteiger partial charge is 0.490 e. The van der Waals surface area contributed by atoms with Gasteiger partial charge in [0, 0.05) is 15.1 Å². The fraction of sp³-hybridized carbons (Fsp3) is 0.167. The highest BCUT2D eigenvalue weighted by Gasteiger charge is 2.08. The number of benzene rings is 3. The van der Waals surface area contributed by atoms with Crippen molar-refractivity contribution in [3.63, 3.8) is 0 Å². The van der Waals surface area contributed by atoms with E-state index in [0.29, 0.717) is 35.3 Å². The van der Waals surface area contributed by atoms with E-state index in [9.17, 15) is 4.79 Å². The van der Waals surface area contributed by atoms with Crippen molar-refractivity contribution in [3.8, 4) is 11.5 Å². The van der Waals surface area contributed by atoms with Gasteiger partial charge in [-0.15, -0.1) is 0 Å². The van der Waals surface area contributed by atoms with Gasteiger partial charge in [-0.05, 0) is 73.0 Å². The molecular weight excluding hydrogens is 480 g/mol. The maximum absolute atomic E-state index is 12.2. The number of carbonyl (C=O) groups excluding carboxylic acids is 1. The summed E-state index contributed by atoms with van der Waals surface area (Å²) in [5.74, 6) is 0.915. The molecule has 7 heteroatoms. The molecule has 0 aliphatic carbocycles. The molecule has 0 aromatic heterocycles. The number of hydrogen-bond donors (Lipinski definition) is 1. The molecule has 3 rings (SSSR count). The number of halogens is 2. The van der Waals surface area contributed by atoms with E-state index in [2.05, 4.69) is 26.5 Å². The average Bonchev–Trinajstić information content (AvgIpc) is 2.76. The van der Waals surface area contributed by atoms with Crippen molar-refractivity contribution in [1.82, 2.24) is 5.43 Å². The van der Waals surface area contributed by atoms with E-state index in [0.717, 1.165) is 21.2 Å². The minimum absolute atomic E-state index is 0.336. The van der Waals surface area contributed by atoms with Crippen LogP contribution in [0.1, 0.15) is 34.0 Å².